The second-order valence-electron chi connectivity index (χ2n) is 4.01. The first-order chi connectivity index (χ1) is 9.08. The van der Waals surface area contributed by atoms with Gasteiger partial charge in [-0.1, -0.05) is 0 Å². The van der Waals surface area contributed by atoms with E-state index in [0.29, 0.717) is 25.3 Å². The number of amides is 1. The fourth-order valence-electron chi connectivity index (χ4n) is 1.56. The Balaban J connectivity index is 2.66. The van der Waals surface area contributed by atoms with Crippen molar-refractivity contribution >= 4 is 11.9 Å². The molecule has 0 atom stereocenters. The fraction of sp³-hybridized carbons (Fsp3) is 0.583. The Hall–Kier alpha value is -1.89. The van der Waals surface area contributed by atoms with Gasteiger partial charge in [0.25, 0.3) is 5.91 Å². The summed E-state index contributed by atoms with van der Waals surface area (Å²) in [5.41, 5.74) is 0.489. The number of carbonyl (C=O) groups excluding carboxylic acids is 2. The van der Waals surface area contributed by atoms with Gasteiger partial charge in [0.1, 0.15) is 0 Å². The Labute approximate surface area is 112 Å². The second-order valence-corrected chi connectivity index (χ2v) is 4.01. The number of rotatable bonds is 7. The molecular formula is C12H19N3O4. The molecule has 1 heterocycles. The summed E-state index contributed by atoms with van der Waals surface area (Å²) in [6.45, 7) is 1.12. The van der Waals surface area contributed by atoms with Gasteiger partial charge in [-0.3, -0.25) is 14.3 Å². The van der Waals surface area contributed by atoms with Gasteiger partial charge in [0.05, 0.1) is 31.9 Å². The first-order valence-corrected chi connectivity index (χ1v) is 5.92. The number of ether oxygens (including phenoxy) is 2. The predicted octanol–water partition coefficient (Wildman–Crippen LogP) is 0.0718. The molecular weight excluding hydrogens is 250 g/mol. The van der Waals surface area contributed by atoms with E-state index in [-0.39, 0.29) is 18.3 Å². The zero-order valence-corrected chi connectivity index (χ0v) is 11.5. The van der Waals surface area contributed by atoms with Gasteiger partial charge in [0, 0.05) is 33.4 Å². The minimum Gasteiger partial charge on any atom is -0.469 e. The summed E-state index contributed by atoms with van der Waals surface area (Å²) in [6, 6.07) is 0. The van der Waals surface area contributed by atoms with Gasteiger partial charge in [-0.25, -0.2) is 0 Å². The lowest BCUT2D eigenvalue weighted by Gasteiger charge is -2.21. The first kappa shape index (κ1) is 15.2. The Morgan fingerprint density at radius 2 is 2.11 bits per heavy atom. The molecule has 0 aliphatic carbocycles. The monoisotopic (exact) mass is 269 g/mol. The molecule has 0 aliphatic heterocycles. The molecule has 0 unspecified atom stereocenters. The summed E-state index contributed by atoms with van der Waals surface area (Å²) >= 11 is 0. The summed E-state index contributed by atoms with van der Waals surface area (Å²) in [5.74, 6) is -0.518. The fourth-order valence-corrected chi connectivity index (χ4v) is 1.56. The van der Waals surface area contributed by atoms with E-state index >= 15 is 0 Å². The largest absolute Gasteiger partial charge is 0.469 e. The molecule has 0 spiro atoms. The molecule has 1 rings (SSSR count). The van der Waals surface area contributed by atoms with E-state index < -0.39 is 0 Å². The molecule has 19 heavy (non-hydrogen) atoms. The van der Waals surface area contributed by atoms with Crippen LogP contribution in [0, 0.1) is 0 Å². The Bertz CT molecular complexity index is 430. The second kappa shape index (κ2) is 7.52. The number of hydrogen-bond donors (Lipinski definition) is 0. The molecule has 0 aliphatic rings. The normalized spacial score (nSPS) is 10.3. The van der Waals surface area contributed by atoms with Crippen molar-refractivity contribution in [2.45, 2.75) is 6.42 Å². The third-order valence-electron chi connectivity index (χ3n) is 2.62. The summed E-state index contributed by atoms with van der Waals surface area (Å²) in [7, 11) is 4.63. The summed E-state index contributed by atoms with van der Waals surface area (Å²) < 4.78 is 11.1. The first-order valence-electron chi connectivity index (χ1n) is 5.92. The highest BCUT2D eigenvalue weighted by molar-refractivity contribution is 5.93. The molecule has 1 aromatic rings. The molecule has 0 saturated heterocycles. The average molecular weight is 269 g/mol. The van der Waals surface area contributed by atoms with Crippen molar-refractivity contribution in [3.05, 3.63) is 18.0 Å². The quantitative estimate of drug-likeness (QED) is 0.655. The maximum atomic E-state index is 12.2. The van der Waals surface area contributed by atoms with E-state index in [9.17, 15) is 9.59 Å². The topological polar surface area (TPSA) is 73.7 Å². The van der Waals surface area contributed by atoms with E-state index in [1.54, 1.807) is 29.9 Å². The molecule has 0 N–H and O–H groups in total. The molecule has 1 amide bonds. The van der Waals surface area contributed by atoms with Gasteiger partial charge in [-0.05, 0) is 0 Å². The van der Waals surface area contributed by atoms with Crippen LogP contribution in [0.5, 0.6) is 0 Å². The maximum absolute atomic E-state index is 12.2. The van der Waals surface area contributed by atoms with E-state index in [4.69, 9.17) is 4.74 Å². The number of methoxy groups -OCH3 is 2. The van der Waals surface area contributed by atoms with Crippen LogP contribution in [0.3, 0.4) is 0 Å². The number of nitrogens with zero attached hydrogens (tertiary/aromatic N) is 3. The van der Waals surface area contributed by atoms with Crippen LogP contribution in [-0.4, -0.2) is 60.5 Å². The van der Waals surface area contributed by atoms with Crippen LogP contribution in [0.15, 0.2) is 12.4 Å². The van der Waals surface area contributed by atoms with Crippen molar-refractivity contribution in [3.63, 3.8) is 0 Å². The van der Waals surface area contributed by atoms with Crippen molar-refractivity contribution in [1.29, 1.82) is 0 Å². The van der Waals surface area contributed by atoms with Crippen LogP contribution >= 0.6 is 0 Å². The molecule has 0 fully saturated rings. The molecule has 0 bridgehead atoms. The van der Waals surface area contributed by atoms with Crippen LogP contribution in [0.25, 0.3) is 0 Å². The lowest BCUT2D eigenvalue weighted by molar-refractivity contribution is -0.140. The van der Waals surface area contributed by atoms with Crippen molar-refractivity contribution in [2.24, 2.45) is 7.05 Å². The van der Waals surface area contributed by atoms with E-state index in [1.807, 2.05) is 0 Å². The lowest BCUT2D eigenvalue weighted by atomic mass is 10.3. The van der Waals surface area contributed by atoms with Gasteiger partial charge >= 0.3 is 5.97 Å². The number of carbonyl (C=O) groups is 2. The van der Waals surface area contributed by atoms with Gasteiger partial charge in [-0.2, -0.15) is 5.10 Å². The van der Waals surface area contributed by atoms with Crippen LogP contribution in [0.4, 0.5) is 0 Å². The van der Waals surface area contributed by atoms with Crippen LogP contribution in [0.2, 0.25) is 0 Å². The van der Waals surface area contributed by atoms with Crippen LogP contribution in [-0.2, 0) is 21.3 Å². The van der Waals surface area contributed by atoms with Crippen LogP contribution in [0.1, 0.15) is 16.8 Å². The van der Waals surface area contributed by atoms with Gasteiger partial charge in [0.2, 0.25) is 0 Å². The molecule has 106 valence electrons. The smallest absolute Gasteiger partial charge is 0.307 e. The van der Waals surface area contributed by atoms with Gasteiger partial charge in [0.15, 0.2) is 0 Å². The summed E-state index contributed by atoms with van der Waals surface area (Å²) in [5, 5.41) is 3.96. The van der Waals surface area contributed by atoms with Crippen molar-refractivity contribution < 1.29 is 19.1 Å². The zero-order chi connectivity index (χ0) is 14.3. The maximum Gasteiger partial charge on any atom is 0.307 e. The van der Waals surface area contributed by atoms with Crippen molar-refractivity contribution in [2.75, 3.05) is 33.9 Å². The highest BCUT2D eigenvalue weighted by atomic mass is 16.5. The molecule has 7 nitrogen and oxygen atoms in total. The predicted molar refractivity (Wildman–Crippen MR) is 67.6 cm³/mol. The van der Waals surface area contributed by atoms with Crippen LogP contribution < -0.4 is 0 Å². The molecule has 1 aromatic heterocycles. The summed E-state index contributed by atoms with van der Waals surface area (Å²) in [6.07, 6.45) is 3.30. The molecule has 0 saturated carbocycles. The minimum atomic E-state index is -0.346. The standard InChI is InChI=1S/C12H19N3O4/c1-14-9-10(8-13-14)12(17)15(6-7-18-2)5-4-11(16)19-3/h8-9H,4-7H2,1-3H3. The Kier molecular flexibility index (Phi) is 6.01. The third-order valence-corrected chi connectivity index (χ3v) is 2.62. The molecule has 0 radical (unpaired) electrons. The number of aromatic nitrogens is 2. The van der Waals surface area contributed by atoms with Gasteiger partial charge in [-0.15, -0.1) is 0 Å². The van der Waals surface area contributed by atoms with Gasteiger partial charge < -0.3 is 14.4 Å². The highest BCUT2D eigenvalue weighted by Crippen LogP contribution is 2.05. The van der Waals surface area contributed by atoms with E-state index in [2.05, 4.69) is 9.84 Å². The Morgan fingerprint density at radius 1 is 1.37 bits per heavy atom. The summed E-state index contributed by atoms with van der Waals surface area (Å²) in [4.78, 5) is 24.9. The Morgan fingerprint density at radius 3 is 2.63 bits per heavy atom. The van der Waals surface area contributed by atoms with E-state index in [1.165, 1.54) is 13.3 Å². The van der Waals surface area contributed by atoms with Crippen molar-refractivity contribution in [3.8, 4) is 0 Å². The lowest BCUT2D eigenvalue weighted by Crippen LogP contribution is -2.35. The minimum absolute atomic E-state index is 0.159. The molecule has 7 heteroatoms. The molecule has 0 aromatic carbocycles. The highest BCUT2D eigenvalue weighted by Gasteiger charge is 2.18. The third kappa shape index (κ3) is 4.70. The number of aryl methyl sites for hydroxylation is 1. The van der Waals surface area contributed by atoms with E-state index in [0.717, 1.165) is 0 Å². The van der Waals surface area contributed by atoms with Crippen molar-refractivity contribution in [1.82, 2.24) is 14.7 Å². The average Bonchev–Trinajstić information content (AvgIpc) is 2.84. The number of esters is 1. The zero-order valence-electron chi connectivity index (χ0n) is 11.5. The SMILES string of the molecule is COCCN(CCC(=O)OC)C(=O)c1cnn(C)c1. The number of hydrogen-bond acceptors (Lipinski definition) is 5.